The van der Waals surface area contributed by atoms with E-state index in [9.17, 15) is 0 Å². The van der Waals surface area contributed by atoms with E-state index in [-0.39, 0.29) is 0 Å². The summed E-state index contributed by atoms with van der Waals surface area (Å²) in [7, 11) is 0. The number of benzene rings is 1. The zero-order chi connectivity index (χ0) is 14.4. The van der Waals surface area contributed by atoms with Gasteiger partial charge in [0.1, 0.15) is 0 Å². The normalized spacial score (nSPS) is 26.6. The van der Waals surface area contributed by atoms with Crippen LogP contribution in [0.15, 0.2) is 24.3 Å². The second-order valence-electron chi connectivity index (χ2n) is 6.61. The van der Waals surface area contributed by atoms with Gasteiger partial charge in [-0.25, -0.2) is 0 Å². The second-order valence-corrected chi connectivity index (χ2v) is 6.61. The Labute approximate surface area is 125 Å². The van der Waals surface area contributed by atoms with E-state index >= 15 is 0 Å². The van der Waals surface area contributed by atoms with Crippen molar-refractivity contribution < 1.29 is 0 Å². The van der Waals surface area contributed by atoms with E-state index in [0.29, 0.717) is 0 Å². The van der Waals surface area contributed by atoms with Gasteiger partial charge in [-0.15, -0.1) is 0 Å². The van der Waals surface area contributed by atoms with Gasteiger partial charge in [-0.1, -0.05) is 45.0 Å². The molecule has 0 aliphatic heterocycles. The first-order valence-corrected chi connectivity index (χ1v) is 8.54. The molecule has 112 valence electrons. The van der Waals surface area contributed by atoms with E-state index in [0.717, 1.165) is 24.3 Å². The van der Waals surface area contributed by atoms with Crippen molar-refractivity contribution >= 4 is 0 Å². The maximum absolute atomic E-state index is 3.78. The number of hydrogen-bond acceptors (Lipinski definition) is 1. The standard InChI is InChI=1S/C19H31N/c1-4-12-20-19-11-6-15(3)13-18(19)14-17-9-7-16(5-2)8-10-17/h7-10,15,18-20H,4-6,11-14H2,1-3H3. The molecule has 1 aromatic rings. The van der Waals surface area contributed by atoms with Gasteiger partial charge in [0.15, 0.2) is 0 Å². The number of hydrogen-bond donors (Lipinski definition) is 1. The van der Waals surface area contributed by atoms with E-state index in [1.54, 1.807) is 0 Å². The fraction of sp³-hybridized carbons (Fsp3) is 0.684. The van der Waals surface area contributed by atoms with Crippen molar-refractivity contribution in [3.63, 3.8) is 0 Å². The molecule has 1 aliphatic rings. The SMILES string of the molecule is CCCNC1CCC(C)CC1Cc1ccc(CC)cc1. The van der Waals surface area contributed by atoms with Crippen LogP contribution in [-0.2, 0) is 12.8 Å². The third-order valence-corrected chi connectivity index (χ3v) is 4.83. The Morgan fingerprint density at radius 3 is 2.40 bits per heavy atom. The molecule has 0 saturated heterocycles. The lowest BCUT2D eigenvalue weighted by Crippen LogP contribution is -2.41. The Balaban J connectivity index is 1.98. The van der Waals surface area contributed by atoms with Crippen molar-refractivity contribution in [3.8, 4) is 0 Å². The molecule has 3 atom stereocenters. The third-order valence-electron chi connectivity index (χ3n) is 4.83. The number of nitrogens with one attached hydrogen (secondary N) is 1. The minimum absolute atomic E-state index is 0.733. The highest BCUT2D eigenvalue weighted by Gasteiger charge is 2.28. The van der Waals surface area contributed by atoms with Crippen molar-refractivity contribution in [1.82, 2.24) is 5.32 Å². The molecular weight excluding hydrogens is 242 g/mol. The molecule has 1 nitrogen and oxygen atoms in total. The molecule has 1 N–H and O–H groups in total. The fourth-order valence-electron chi connectivity index (χ4n) is 3.54. The van der Waals surface area contributed by atoms with Gasteiger partial charge in [0.2, 0.25) is 0 Å². The Morgan fingerprint density at radius 2 is 1.75 bits per heavy atom. The zero-order valence-electron chi connectivity index (χ0n) is 13.5. The Bertz CT molecular complexity index is 379. The van der Waals surface area contributed by atoms with E-state index in [2.05, 4.69) is 50.4 Å². The summed E-state index contributed by atoms with van der Waals surface area (Å²) in [5.41, 5.74) is 2.97. The average molecular weight is 273 g/mol. The van der Waals surface area contributed by atoms with Gasteiger partial charge >= 0.3 is 0 Å². The van der Waals surface area contributed by atoms with Crippen LogP contribution in [-0.4, -0.2) is 12.6 Å². The first-order valence-electron chi connectivity index (χ1n) is 8.54. The summed E-state index contributed by atoms with van der Waals surface area (Å²) in [4.78, 5) is 0. The number of aryl methyl sites for hydroxylation is 1. The van der Waals surface area contributed by atoms with Crippen LogP contribution < -0.4 is 5.32 Å². The molecule has 0 amide bonds. The summed E-state index contributed by atoms with van der Waals surface area (Å²) in [5, 5.41) is 3.78. The van der Waals surface area contributed by atoms with Crippen molar-refractivity contribution in [3.05, 3.63) is 35.4 Å². The predicted molar refractivity (Wildman–Crippen MR) is 88.1 cm³/mol. The molecule has 0 spiro atoms. The molecule has 1 aliphatic carbocycles. The zero-order valence-corrected chi connectivity index (χ0v) is 13.5. The van der Waals surface area contributed by atoms with Gasteiger partial charge in [-0.2, -0.15) is 0 Å². The van der Waals surface area contributed by atoms with Crippen LogP contribution in [0.3, 0.4) is 0 Å². The Morgan fingerprint density at radius 1 is 1.05 bits per heavy atom. The highest BCUT2D eigenvalue weighted by atomic mass is 14.9. The summed E-state index contributed by atoms with van der Waals surface area (Å²) in [6.45, 7) is 8.08. The molecule has 0 heterocycles. The molecule has 1 saturated carbocycles. The lowest BCUT2D eigenvalue weighted by molar-refractivity contribution is 0.212. The highest BCUT2D eigenvalue weighted by Crippen LogP contribution is 2.31. The minimum Gasteiger partial charge on any atom is -0.314 e. The molecule has 3 unspecified atom stereocenters. The Kier molecular flexibility index (Phi) is 6.09. The smallest absolute Gasteiger partial charge is 0.00986 e. The van der Waals surface area contributed by atoms with Crippen LogP contribution in [0, 0.1) is 11.8 Å². The van der Waals surface area contributed by atoms with Crippen molar-refractivity contribution in [2.24, 2.45) is 11.8 Å². The Hall–Kier alpha value is -0.820. The van der Waals surface area contributed by atoms with E-state index in [1.807, 2.05) is 0 Å². The summed E-state index contributed by atoms with van der Waals surface area (Å²) >= 11 is 0. The second kappa shape index (κ2) is 7.83. The van der Waals surface area contributed by atoms with E-state index in [4.69, 9.17) is 0 Å². The minimum atomic E-state index is 0.733. The molecule has 1 fully saturated rings. The molecule has 20 heavy (non-hydrogen) atoms. The van der Waals surface area contributed by atoms with Crippen LogP contribution in [0.1, 0.15) is 57.6 Å². The van der Waals surface area contributed by atoms with E-state index < -0.39 is 0 Å². The van der Waals surface area contributed by atoms with Gasteiger partial charge in [-0.3, -0.25) is 0 Å². The van der Waals surface area contributed by atoms with Gasteiger partial charge in [0.25, 0.3) is 0 Å². The fourth-order valence-corrected chi connectivity index (χ4v) is 3.54. The van der Waals surface area contributed by atoms with Gasteiger partial charge < -0.3 is 5.32 Å². The largest absolute Gasteiger partial charge is 0.314 e. The van der Waals surface area contributed by atoms with Gasteiger partial charge in [-0.05, 0) is 68.0 Å². The lowest BCUT2D eigenvalue weighted by atomic mass is 9.76. The lowest BCUT2D eigenvalue weighted by Gasteiger charge is -2.36. The monoisotopic (exact) mass is 273 g/mol. The van der Waals surface area contributed by atoms with Crippen molar-refractivity contribution in [2.45, 2.75) is 65.3 Å². The van der Waals surface area contributed by atoms with Crippen LogP contribution in [0.5, 0.6) is 0 Å². The molecule has 0 bridgehead atoms. The first-order chi connectivity index (χ1) is 9.72. The van der Waals surface area contributed by atoms with Crippen molar-refractivity contribution in [2.75, 3.05) is 6.54 Å². The predicted octanol–water partition coefficient (Wildman–Crippen LogP) is 4.60. The van der Waals surface area contributed by atoms with Crippen LogP contribution in [0.4, 0.5) is 0 Å². The molecule has 0 aromatic heterocycles. The molecule has 0 radical (unpaired) electrons. The summed E-state index contributed by atoms with van der Waals surface area (Å²) in [5.74, 6) is 1.72. The highest BCUT2D eigenvalue weighted by molar-refractivity contribution is 5.23. The third kappa shape index (κ3) is 4.34. The van der Waals surface area contributed by atoms with Crippen LogP contribution in [0.25, 0.3) is 0 Å². The van der Waals surface area contributed by atoms with Gasteiger partial charge in [0, 0.05) is 6.04 Å². The van der Waals surface area contributed by atoms with Crippen molar-refractivity contribution in [1.29, 1.82) is 0 Å². The molecule has 1 aromatic carbocycles. The molecule has 2 rings (SSSR count). The summed E-state index contributed by atoms with van der Waals surface area (Å²) < 4.78 is 0. The summed E-state index contributed by atoms with van der Waals surface area (Å²) in [6.07, 6.45) is 7.77. The quantitative estimate of drug-likeness (QED) is 0.799. The van der Waals surface area contributed by atoms with Crippen LogP contribution >= 0.6 is 0 Å². The van der Waals surface area contributed by atoms with Gasteiger partial charge in [0.05, 0.1) is 0 Å². The first kappa shape index (κ1) is 15.6. The van der Waals surface area contributed by atoms with Crippen LogP contribution in [0.2, 0.25) is 0 Å². The molecular formula is C19H31N. The average Bonchev–Trinajstić information content (AvgIpc) is 2.47. The summed E-state index contributed by atoms with van der Waals surface area (Å²) in [6, 6.07) is 10.0. The molecule has 1 heteroatoms. The maximum Gasteiger partial charge on any atom is 0.00986 e. The maximum atomic E-state index is 3.78. The number of rotatable bonds is 6. The van der Waals surface area contributed by atoms with E-state index in [1.165, 1.54) is 49.8 Å². The topological polar surface area (TPSA) is 12.0 Å².